The molecule has 0 saturated heterocycles. The molecule has 1 heterocycles. The number of hydrogen-bond donors (Lipinski definition) is 1. The summed E-state index contributed by atoms with van der Waals surface area (Å²) in [7, 11) is 0. The third-order valence-electron chi connectivity index (χ3n) is 5.81. The van der Waals surface area contributed by atoms with Gasteiger partial charge in [0.25, 0.3) is 11.5 Å². The second-order valence-electron chi connectivity index (χ2n) is 8.03. The van der Waals surface area contributed by atoms with Crippen LogP contribution in [0.15, 0.2) is 53.7 Å². The van der Waals surface area contributed by atoms with Crippen molar-refractivity contribution in [2.75, 3.05) is 6.54 Å². The zero-order valence-corrected chi connectivity index (χ0v) is 19.8. The predicted octanol–water partition coefficient (Wildman–Crippen LogP) is 6.68. The van der Waals surface area contributed by atoms with Crippen LogP contribution in [0.3, 0.4) is 0 Å². The summed E-state index contributed by atoms with van der Waals surface area (Å²) < 4.78 is 83.7. The first-order valence-electron chi connectivity index (χ1n) is 10.4. The van der Waals surface area contributed by atoms with Crippen molar-refractivity contribution in [1.82, 2.24) is 5.32 Å². The summed E-state index contributed by atoms with van der Waals surface area (Å²) in [6, 6.07) is 9.89. The molecular weight excluding hydrogens is 549 g/mol. The minimum absolute atomic E-state index is 0.155. The van der Waals surface area contributed by atoms with Crippen LogP contribution in [0.2, 0.25) is 10.0 Å². The maximum atomic E-state index is 14.4. The van der Waals surface area contributed by atoms with E-state index >= 15 is 0 Å². The van der Waals surface area contributed by atoms with E-state index in [-0.39, 0.29) is 29.4 Å². The SMILES string of the molecule is O=CCNC(=O)c1ccc(C2=NOC(c3cc(Cl)c(Cl)c(C(F)(F)F)c3)(C(F)(F)F)C2)c2ccccc12. The first-order valence-corrected chi connectivity index (χ1v) is 11.2. The minimum atomic E-state index is -5.21. The number of carbonyl (C=O) groups excluding carboxylic acids is 2. The molecule has 37 heavy (non-hydrogen) atoms. The van der Waals surface area contributed by atoms with Gasteiger partial charge in [0.15, 0.2) is 0 Å². The summed E-state index contributed by atoms with van der Waals surface area (Å²) in [6.07, 6.45) is -10.8. The lowest BCUT2D eigenvalue weighted by atomic mass is 9.84. The molecule has 0 saturated carbocycles. The number of nitrogens with zero attached hydrogens (tertiary/aromatic N) is 1. The van der Waals surface area contributed by atoms with Gasteiger partial charge >= 0.3 is 12.4 Å². The number of hydrogen-bond acceptors (Lipinski definition) is 4. The van der Waals surface area contributed by atoms with E-state index in [0.717, 1.165) is 0 Å². The molecule has 0 aliphatic carbocycles. The molecule has 1 amide bonds. The van der Waals surface area contributed by atoms with Gasteiger partial charge in [-0.15, -0.1) is 0 Å². The zero-order valence-electron chi connectivity index (χ0n) is 18.3. The Morgan fingerprint density at radius 3 is 2.35 bits per heavy atom. The smallest absolute Gasteiger partial charge is 0.374 e. The first kappa shape index (κ1) is 26.7. The summed E-state index contributed by atoms with van der Waals surface area (Å²) >= 11 is 11.4. The van der Waals surface area contributed by atoms with Crippen LogP contribution in [0.5, 0.6) is 0 Å². The maximum Gasteiger partial charge on any atom is 0.435 e. The lowest BCUT2D eigenvalue weighted by Gasteiger charge is -2.30. The van der Waals surface area contributed by atoms with E-state index in [4.69, 9.17) is 28.0 Å². The summed E-state index contributed by atoms with van der Waals surface area (Å²) in [6.45, 7) is -0.243. The average molecular weight is 563 g/mol. The van der Waals surface area contributed by atoms with E-state index in [1.165, 1.54) is 18.2 Å². The lowest BCUT2D eigenvalue weighted by Crippen LogP contribution is -2.43. The largest absolute Gasteiger partial charge is 0.435 e. The maximum absolute atomic E-state index is 14.4. The van der Waals surface area contributed by atoms with Crippen LogP contribution in [0.25, 0.3) is 10.8 Å². The molecule has 1 unspecified atom stereocenters. The normalized spacial score (nSPS) is 17.9. The number of fused-ring (bicyclic) bond motifs is 1. The van der Waals surface area contributed by atoms with Crippen LogP contribution in [0, 0.1) is 0 Å². The van der Waals surface area contributed by atoms with Gasteiger partial charge in [0.1, 0.15) is 6.29 Å². The van der Waals surface area contributed by atoms with Crippen LogP contribution < -0.4 is 5.32 Å². The van der Waals surface area contributed by atoms with E-state index in [2.05, 4.69) is 10.5 Å². The van der Waals surface area contributed by atoms with Crippen molar-refractivity contribution >= 4 is 51.9 Å². The second kappa shape index (κ2) is 9.53. The Bertz CT molecular complexity index is 1440. The molecule has 1 aliphatic rings. The Balaban J connectivity index is 1.82. The number of rotatable bonds is 5. The highest BCUT2D eigenvalue weighted by Crippen LogP contribution is 2.51. The molecule has 0 spiro atoms. The van der Waals surface area contributed by atoms with Gasteiger partial charge in [0.2, 0.25) is 0 Å². The highest BCUT2D eigenvalue weighted by atomic mass is 35.5. The topological polar surface area (TPSA) is 67.8 Å². The first-order chi connectivity index (χ1) is 17.3. The Morgan fingerprint density at radius 2 is 1.73 bits per heavy atom. The van der Waals surface area contributed by atoms with Gasteiger partial charge in [0.05, 0.1) is 27.9 Å². The summed E-state index contributed by atoms with van der Waals surface area (Å²) in [5.74, 6) is -0.584. The third kappa shape index (κ3) is 4.73. The summed E-state index contributed by atoms with van der Waals surface area (Å²) in [5, 5.41) is 5.02. The van der Waals surface area contributed by atoms with Crippen LogP contribution >= 0.6 is 23.2 Å². The Kier molecular flexibility index (Phi) is 6.89. The number of alkyl halides is 6. The van der Waals surface area contributed by atoms with E-state index in [0.29, 0.717) is 23.1 Å². The number of oxime groups is 1. The van der Waals surface area contributed by atoms with Crippen molar-refractivity contribution in [3.63, 3.8) is 0 Å². The molecule has 5 nitrogen and oxygen atoms in total. The molecule has 194 valence electrons. The fourth-order valence-corrected chi connectivity index (χ4v) is 4.49. The van der Waals surface area contributed by atoms with Crippen molar-refractivity contribution in [3.8, 4) is 0 Å². The number of amides is 1. The molecule has 13 heteroatoms. The highest BCUT2D eigenvalue weighted by Gasteiger charge is 2.63. The summed E-state index contributed by atoms with van der Waals surface area (Å²) in [5.41, 5.74) is -5.64. The molecule has 3 aromatic carbocycles. The van der Waals surface area contributed by atoms with E-state index in [1.807, 2.05) is 0 Å². The monoisotopic (exact) mass is 562 g/mol. The van der Waals surface area contributed by atoms with Crippen molar-refractivity contribution in [1.29, 1.82) is 0 Å². The number of benzene rings is 3. The van der Waals surface area contributed by atoms with Gasteiger partial charge in [-0.25, -0.2) is 0 Å². The van der Waals surface area contributed by atoms with Gasteiger partial charge in [0, 0.05) is 23.1 Å². The molecule has 0 fully saturated rings. The van der Waals surface area contributed by atoms with Crippen LogP contribution in [0.4, 0.5) is 26.3 Å². The van der Waals surface area contributed by atoms with Gasteiger partial charge in [-0.2, -0.15) is 26.3 Å². The van der Waals surface area contributed by atoms with Crippen LogP contribution in [0.1, 0.15) is 33.5 Å². The van der Waals surface area contributed by atoms with Crippen LogP contribution in [-0.4, -0.2) is 30.6 Å². The molecule has 4 rings (SSSR count). The van der Waals surface area contributed by atoms with E-state index < -0.39 is 51.5 Å². The van der Waals surface area contributed by atoms with Gasteiger partial charge in [-0.3, -0.25) is 4.79 Å². The molecule has 1 aliphatic heterocycles. The van der Waals surface area contributed by atoms with Crippen molar-refractivity contribution in [2.45, 2.75) is 24.4 Å². The molecule has 3 aromatic rings. The zero-order chi connectivity index (χ0) is 27.2. The molecule has 1 atom stereocenters. The Labute approximate surface area is 215 Å². The Hall–Kier alpha value is -3.31. The fourth-order valence-electron chi connectivity index (χ4n) is 4.05. The van der Waals surface area contributed by atoms with E-state index in [1.54, 1.807) is 18.2 Å². The minimum Gasteiger partial charge on any atom is -0.374 e. The fraction of sp³-hybridized carbons (Fsp3) is 0.208. The molecular formula is C24H14Cl2F6N2O3. The van der Waals surface area contributed by atoms with Gasteiger partial charge in [-0.1, -0.05) is 58.7 Å². The van der Waals surface area contributed by atoms with Gasteiger partial charge < -0.3 is 14.9 Å². The van der Waals surface area contributed by atoms with Crippen molar-refractivity contribution in [2.24, 2.45) is 5.16 Å². The standard InChI is InChI=1S/C24H14Cl2F6N2O3/c25-18-10-12(9-17(20(18)26)23(27,28)29)22(24(30,31)32)11-19(34-37-22)15-5-6-16(21(36)33-7-8-35)14-4-2-1-3-13(14)15/h1-6,8-10H,7,11H2,(H,33,36). The molecule has 1 N–H and O–H groups in total. The predicted molar refractivity (Wildman–Crippen MR) is 124 cm³/mol. The number of halogens is 8. The third-order valence-corrected chi connectivity index (χ3v) is 6.61. The quantitative estimate of drug-likeness (QED) is 0.279. The lowest BCUT2D eigenvalue weighted by molar-refractivity contribution is -0.276. The molecule has 0 radical (unpaired) electrons. The van der Waals surface area contributed by atoms with E-state index in [9.17, 15) is 35.9 Å². The van der Waals surface area contributed by atoms with Crippen LogP contribution in [-0.2, 0) is 21.4 Å². The molecule has 0 aromatic heterocycles. The average Bonchev–Trinajstić information content (AvgIpc) is 3.29. The summed E-state index contributed by atoms with van der Waals surface area (Å²) in [4.78, 5) is 27.9. The Morgan fingerprint density at radius 1 is 1.05 bits per heavy atom. The number of carbonyl (C=O) groups is 2. The second-order valence-corrected chi connectivity index (χ2v) is 8.82. The number of aldehydes is 1. The van der Waals surface area contributed by atoms with Crippen molar-refractivity contribution in [3.05, 3.63) is 80.8 Å². The van der Waals surface area contributed by atoms with Gasteiger partial charge in [-0.05, 0) is 29.0 Å². The molecule has 0 bridgehead atoms. The number of nitrogens with one attached hydrogen (secondary N) is 1. The highest BCUT2D eigenvalue weighted by molar-refractivity contribution is 6.42. The van der Waals surface area contributed by atoms with Crippen molar-refractivity contribution < 1.29 is 40.8 Å².